The molecule has 0 amide bonds. The Morgan fingerprint density at radius 2 is 0.750 bits per heavy atom. The van der Waals surface area contributed by atoms with Crippen molar-refractivity contribution in [3.63, 3.8) is 0 Å². The Balaban J connectivity index is 0. The van der Waals surface area contributed by atoms with Gasteiger partial charge in [0.2, 0.25) is 0 Å². The van der Waals surface area contributed by atoms with Gasteiger partial charge in [0.1, 0.15) is 0 Å². The smallest absolute Gasteiger partial charge is 1.00 e. The summed E-state index contributed by atoms with van der Waals surface area (Å²) in [5, 5.41) is 0. The molecule has 0 aromatic carbocycles. The topological polar surface area (TPSA) is 57.0 Å². The van der Waals surface area contributed by atoms with Gasteiger partial charge in [0.25, 0.3) is 0 Å². The van der Waals surface area contributed by atoms with Crippen LogP contribution in [-0.2, 0) is 55.7 Å². The summed E-state index contributed by atoms with van der Waals surface area (Å²) in [6, 6.07) is 0. The SMILES string of the molecule is [Ag+].[Ag].[O-2].[O-2]. The molecule has 0 aliphatic carbocycles. The first-order valence-corrected chi connectivity index (χ1v) is 0. The number of hydrogen-bond donors (Lipinski definition) is 0. The normalized spacial score (nSPS) is 0. The molecule has 0 saturated heterocycles. The van der Waals surface area contributed by atoms with Crippen molar-refractivity contribution in [2.45, 2.75) is 0 Å². The summed E-state index contributed by atoms with van der Waals surface area (Å²) in [4.78, 5) is 0. The Bertz CT molecular complexity index is 4.00. The van der Waals surface area contributed by atoms with E-state index in [1.165, 1.54) is 0 Å². The van der Waals surface area contributed by atoms with Crippen LogP contribution in [0.1, 0.15) is 0 Å². The fourth-order valence-electron chi connectivity index (χ4n) is 0. The van der Waals surface area contributed by atoms with E-state index >= 15 is 0 Å². The molecule has 2 nitrogen and oxygen atoms in total. The summed E-state index contributed by atoms with van der Waals surface area (Å²) < 4.78 is 0. The first-order chi connectivity index (χ1) is 0. The van der Waals surface area contributed by atoms with Gasteiger partial charge >= 0.3 is 22.4 Å². The van der Waals surface area contributed by atoms with Gasteiger partial charge in [-0.1, -0.05) is 0 Å². The zero-order valence-electron chi connectivity index (χ0n) is 1.42. The molecular weight excluding hydrogens is 248 g/mol. The molecule has 0 spiro atoms. The van der Waals surface area contributed by atoms with Crippen molar-refractivity contribution in [3.8, 4) is 0 Å². The van der Waals surface area contributed by atoms with E-state index in [1.807, 2.05) is 0 Å². The molecule has 0 atom stereocenters. The first kappa shape index (κ1) is 53.3. The van der Waals surface area contributed by atoms with Crippen LogP contribution >= 0.6 is 0 Å². The molecule has 0 aromatic heterocycles. The third-order valence-electron chi connectivity index (χ3n) is 0. The average molecular weight is 248 g/mol. The standard InChI is InChI=1S/2Ag.2O/q;+1;2*-2. The second-order valence-corrected chi connectivity index (χ2v) is 0. The maximum Gasteiger partial charge on any atom is 1.00 e. The monoisotopic (exact) mass is 246 g/mol. The van der Waals surface area contributed by atoms with E-state index in [0.717, 1.165) is 0 Å². The van der Waals surface area contributed by atoms with Gasteiger partial charge in [0.15, 0.2) is 0 Å². The Kier molecular flexibility index (Phi) is 346. The largest absolute Gasteiger partial charge is 2.00 e. The van der Waals surface area contributed by atoms with Crippen LogP contribution in [0.25, 0.3) is 0 Å². The minimum absolute atomic E-state index is 0. The van der Waals surface area contributed by atoms with Crippen LogP contribution < -0.4 is 0 Å². The molecule has 37 valence electrons. The van der Waals surface area contributed by atoms with E-state index in [4.69, 9.17) is 0 Å². The van der Waals surface area contributed by atoms with Crippen LogP contribution in [0.15, 0.2) is 0 Å². The molecule has 0 aromatic rings. The Morgan fingerprint density at radius 3 is 0.750 bits per heavy atom. The van der Waals surface area contributed by atoms with E-state index in [0.29, 0.717) is 0 Å². The van der Waals surface area contributed by atoms with Crippen LogP contribution in [0.5, 0.6) is 0 Å². The summed E-state index contributed by atoms with van der Waals surface area (Å²) in [6.45, 7) is 0. The molecule has 0 aliphatic heterocycles. The molecular formula is Ag2O2-3. The zero-order chi connectivity index (χ0) is 0. The predicted molar refractivity (Wildman–Crippen MR) is 1.37 cm³/mol. The average Bonchev–Trinajstić information content (AvgIpc) is 0. The van der Waals surface area contributed by atoms with Crippen molar-refractivity contribution >= 4 is 0 Å². The minimum atomic E-state index is 0. The summed E-state index contributed by atoms with van der Waals surface area (Å²) in [6.07, 6.45) is 0. The van der Waals surface area contributed by atoms with Crippen LogP contribution in [0.3, 0.4) is 0 Å². The molecule has 0 fully saturated rings. The molecule has 0 N–H and O–H groups in total. The van der Waals surface area contributed by atoms with E-state index in [1.54, 1.807) is 0 Å². The Morgan fingerprint density at radius 1 is 0.750 bits per heavy atom. The number of rotatable bonds is 0. The minimum Gasteiger partial charge on any atom is -2.00 e. The second-order valence-electron chi connectivity index (χ2n) is 0. The summed E-state index contributed by atoms with van der Waals surface area (Å²) in [5.41, 5.74) is 0. The first-order valence-electron chi connectivity index (χ1n) is 0. The molecule has 0 saturated carbocycles. The zero-order valence-corrected chi connectivity index (χ0v) is 4.38. The van der Waals surface area contributed by atoms with Gasteiger partial charge in [-0.2, -0.15) is 0 Å². The Labute approximate surface area is 55.6 Å². The van der Waals surface area contributed by atoms with E-state index in [9.17, 15) is 0 Å². The van der Waals surface area contributed by atoms with E-state index in [2.05, 4.69) is 0 Å². The molecule has 0 unspecified atom stereocenters. The summed E-state index contributed by atoms with van der Waals surface area (Å²) >= 11 is 0. The number of hydrogen-bond acceptors (Lipinski definition) is 0. The molecule has 4 heavy (non-hydrogen) atoms. The van der Waals surface area contributed by atoms with Crippen LogP contribution in [0.4, 0.5) is 0 Å². The van der Waals surface area contributed by atoms with Gasteiger partial charge < -0.3 is 11.0 Å². The molecule has 4 heteroatoms. The van der Waals surface area contributed by atoms with Gasteiger partial charge in [-0.15, -0.1) is 0 Å². The van der Waals surface area contributed by atoms with Crippen molar-refractivity contribution in [1.82, 2.24) is 0 Å². The predicted octanol–water partition coefficient (Wildman–Crippen LogP) is -0.243. The molecule has 1 radical (unpaired) electrons. The van der Waals surface area contributed by atoms with Gasteiger partial charge in [-0.3, -0.25) is 0 Å². The van der Waals surface area contributed by atoms with Crippen LogP contribution in [0, 0.1) is 0 Å². The molecule has 0 heterocycles. The van der Waals surface area contributed by atoms with Crippen molar-refractivity contribution < 1.29 is 55.7 Å². The molecule has 0 bridgehead atoms. The van der Waals surface area contributed by atoms with Gasteiger partial charge in [0.05, 0.1) is 0 Å². The van der Waals surface area contributed by atoms with E-state index < -0.39 is 0 Å². The van der Waals surface area contributed by atoms with Crippen molar-refractivity contribution in [1.29, 1.82) is 0 Å². The maximum absolute atomic E-state index is 0. The third-order valence-corrected chi connectivity index (χ3v) is 0. The molecule has 0 rings (SSSR count). The van der Waals surface area contributed by atoms with Gasteiger partial charge in [0, 0.05) is 22.4 Å². The fraction of sp³-hybridized carbons (Fsp3) is 0. The molecule has 0 aliphatic rings. The van der Waals surface area contributed by atoms with Crippen molar-refractivity contribution in [2.75, 3.05) is 0 Å². The van der Waals surface area contributed by atoms with Gasteiger partial charge in [-0.25, -0.2) is 0 Å². The second kappa shape index (κ2) is 25.9. The third kappa shape index (κ3) is 9.99. The Hall–Kier alpha value is 1.40. The van der Waals surface area contributed by atoms with Crippen molar-refractivity contribution in [3.05, 3.63) is 0 Å². The fourth-order valence-corrected chi connectivity index (χ4v) is 0. The summed E-state index contributed by atoms with van der Waals surface area (Å²) in [5.74, 6) is 0. The van der Waals surface area contributed by atoms with Crippen LogP contribution in [-0.4, -0.2) is 0 Å². The van der Waals surface area contributed by atoms with Crippen molar-refractivity contribution in [2.24, 2.45) is 0 Å². The van der Waals surface area contributed by atoms with Gasteiger partial charge in [-0.05, 0) is 0 Å². The maximum atomic E-state index is 0. The van der Waals surface area contributed by atoms with Crippen LogP contribution in [0.2, 0.25) is 0 Å². The van der Waals surface area contributed by atoms with E-state index in [-0.39, 0.29) is 55.7 Å². The summed E-state index contributed by atoms with van der Waals surface area (Å²) in [7, 11) is 0. The quantitative estimate of drug-likeness (QED) is 0.531.